The average molecular weight is 255 g/mol. The molecule has 0 saturated carbocycles. The molecule has 1 fully saturated rings. The van der Waals surface area contributed by atoms with Gasteiger partial charge in [-0.3, -0.25) is 9.69 Å². The van der Waals surface area contributed by atoms with Gasteiger partial charge in [0.15, 0.2) is 0 Å². The van der Waals surface area contributed by atoms with E-state index >= 15 is 0 Å². The molecule has 106 valence electrons. The molecular formula is C14H29N3O. The molecule has 0 spiro atoms. The van der Waals surface area contributed by atoms with Crippen molar-refractivity contribution >= 4 is 5.91 Å². The highest BCUT2D eigenvalue weighted by atomic mass is 16.1. The van der Waals surface area contributed by atoms with E-state index in [2.05, 4.69) is 36.3 Å². The zero-order chi connectivity index (χ0) is 13.4. The van der Waals surface area contributed by atoms with E-state index in [0.717, 1.165) is 13.1 Å². The van der Waals surface area contributed by atoms with Crippen LogP contribution in [0.2, 0.25) is 0 Å². The van der Waals surface area contributed by atoms with Crippen LogP contribution in [0.4, 0.5) is 0 Å². The van der Waals surface area contributed by atoms with Crippen molar-refractivity contribution in [3.63, 3.8) is 0 Å². The lowest BCUT2D eigenvalue weighted by Crippen LogP contribution is -2.45. The predicted molar refractivity (Wildman–Crippen MR) is 75.6 cm³/mol. The Kier molecular flexibility index (Phi) is 7.28. The second kappa shape index (κ2) is 8.48. The minimum atomic E-state index is 0.106. The lowest BCUT2D eigenvalue weighted by Gasteiger charge is -2.32. The standard InChI is InChI=1S/C14H29N3O/c1-12(2)9-16-14(18)11-15-10-13(3)17-7-5-4-6-8-17/h12-13,15H,4-11H2,1-3H3,(H,16,18). The van der Waals surface area contributed by atoms with Gasteiger partial charge >= 0.3 is 0 Å². The van der Waals surface area contributed by atoms with Gasteiger partial charge in [0.05, 0.1) is 6.54 Å². The van der Waals surface area contributed by atoms with Gasteiger partial charge in [0.1, 0.15) is 0 Å². The molecule has 0 aliphatic carbocycles. The molecule has 1 aliphatic rings. The van der Waals surface area contributed by atoms with Gasteiger partial charge in [-0.15, -0.1) is 0 Å². The Morgan fingerprint density at radius 1 is 1.11 bits per heavy atom. The number of hydrogen-bond acceptors (Lipinski definition) is 3. The Labute approximate surface area is 111 Å². The summed E-state index contributed by atoms with van der Waals surface area (Å²) in [5, 5.41) is 6.17. The van der Waals surface area contributed by atoms with Gasteiger partial charge in [-0.05, 0) is 38.8 Å². The highest BCUT2D eigenvalue weighted by Gasteiger charge is 2.16. The molecule has 0 radical (unpaired) electrons. The summed E-state index contributed by atoms with van der Waals surface area (Å²) in [5.74, 6) is 0.621. The summed E-state index contributed by atoms with van der Waals surface area (Å²) in [6.45, 7) is 11.0. The van der Waals surface area contributed by atoms with Crippen LogP contribution in [0.1, 0.15) is 40.0 Å². The van der Waals surface area contributed by atoms with Crippen molar-refractivity contribution in [2.45, 2.75) is 46.1 Å². The van der Waals surface area contributed by atoms with Crippen molar-refractivity contribution in [2.24, 2.45) is 5.92 Å². The zero-order valence-corrected chi connectivity index (χ0v) is 12.2. The van der Waals surface area contributed by atoms with Gasteiger partial charge in [-0.2, -0.15) is 0 Å². The molecule has 1 unspecified atom stereocenters. The molecule has 1 amide bonds. The summed E-state index contributed by atoms with van der Waals surface area (Å²) in [5.41, 5.74) is 0. The van der Waals surface area contributed by atoms with Crippen LogP contribution in [-0.4, -0.2) is 49.6 Å². The molecule has 4 nitrogen and oxygen atoms in total. The first kappa shape index (κ1) is 15.4. The van der Waals surface area contributed by atoms with Gasteiger partial charge in [0.25, 0.3) is 0 Å². The maximum atomic E-state index is 11.5. The summed E-state index contributed by atoms with van der Waals surface area (Å²) in [6.07, 6.45) is 4.01. The highest BCUT2D eigenvalue weighted by molar-refractivity contribution is 5.77. The molecule has 1 rings (SSSR count). The number of rotatable bonds is 7. The first-order chi connectivity index (χ1) is 8.59. The van der Waals surface area contributed by atoms with Crippen molar-refractivity contribution < 1.29 is 4.79 Å². The third-order valence-corrected chi connectivity index (χ3v) is 3.45. The van der Waals surface area contributed by atoms with Crippen LogP contribution in [-0.2, 0) is 4.79 Å². The first-order valence-corrected chi connectivity index (χ1v) is 7.31. The molecule has 18 heavy (non-hydrogen) atoms. The van der Waals surface area contributed by atoms with Gasteiger partial charge in [-0.1, -0.05) is 20.3 Å². The fourth-order valence-corrected chi connectivity index (χ4v) is 2.26. The van der Waals surface area contributed by atoms with E-state index < -0.39 is 0 Å². The van der Waals surface area contributed by atoms with E-state index in [-0.39, 0.29) is 5.91 Å². The van der Waals surface area contributed by atoms with Crippen LogP contribution in [0.3, 0.4) is 0 Å². The van der Waals surface area contributed by atoms with Crippen LogP contribution in [0.15, 0.2) is 0 Å². The molecule has 1 aliphatic heterocycles. The topological polar surface area (TPSA) is 44.4 Å². The smallest absolute Gasteiger partial charge is 0.233 e. The molecule has 0 aromatic carbocycles. The summed E-state index contributed by atoms with van der Waals surface area (Å²) >= 11 is 0. The van der Waals surface area contributed by atoms with Gasteiger partial charge in [-0.25, -0.2) is 0 Å². The van der Waals surface area contributed by atoms with Crippen LogP contribution >= 0.6 is 0 Å². The van der Waals surface area contributed by atoms with Crippen LogP contribution in [0.5, 0.6) is 0 Å². The van der Waals surface area contributed by atoms with Crippen LogP contribution in [0.25, 0.3) is 0 Å². The average Bonchev–Trinajstić information content (AvgIpc) is 2.37. The van der Waals surface area contributed by atoms with Gasteiger partial charge in [0.2, 0.25) is 5.91 Å². The zero-order valence-electron chi connectivity index (χ0n) is 12.2. The van der Waals surface area contributed by atoms with Gasteiger partial charge < -0.3 is 10.6 Å². The minimum Gasteiger partial charge on any atom is -0.355 e. The molecule has 1 heterocycles. The normalized spacial score (nSPS) is 18.9. The molecular weight excluding hydrogens is 226 g/mol. The second-order valence-corrected chi connectivity index (χ2v) is 5.77. The lowest BCUT2D eigenvalue weighted by atomic mass is 10.1. The second-order valence-electron chi connectivity index (χ2n) is 5.77. The number of likely N-dealkylation sites (tertiary alicyclic amines) is 1. The number of carbonyl (C=O) groups excluding carboxylic acids is 1. The Balaban J connectivity index is 2.07. The largest absolute Gasteiger partial charge is 0.355 e. The van der Waals surface area contributed by atoms with Crippen molar-refractivity contribution in [2.75, 3.05) is 32.7 Å². The highest BCUT2D eigenvalue weighted by Crippen LogP contribution is 2.11. The van der Waals surface area contributed by atoms with E-state index in [0.29, 0.717) is 18.5 Å². The number of nitrogens with one attached hydrogen (secondary N) is 2. The first-order valence-electron chi connectivity index (χ1n) is 7.31. The van der Waals surface area contributed by atoms with E-state index in [1.165, 1.54) is 32.4 Å². The quantitative estimate of drug-likeness (QED) is 0.719. The summed E-state index contributed by atoms with van der Waals surface area (Å²) in [7, 11) is 0. The van der Waals surface area contributed by atoms with Crippen molar-refractivity contribution in [1.82, 2.24) is 15.5 Å². The molecule has 0 aromatic heterocycles. The van der Waals surface area contributed by atoms with E-state index in [4.69, 9.17) is 0 Å². The Morgan fingerprint density at radius 3 is 2.39 bits per heavy atom. The fraction of sp³-hybridized carbons (Fsp3) is 0.929. The monoisotopic (exact) mass is 255 g/mol. The predicted octanol–water partition coefficient (Wildman–Crippen LogP) is 1.22. The third-order valence-electron chi connectivity index (χ3n) is 3.45. The Bertz CT molecular complexity index is 237. The van der Waals surface area contributed by atoms with E-state index in [1.54, 1.807) is 0 Å². The SMILES string of the molecule is CC(C)CNC(=O)CNCC(C)N1CCCCC1. The fourth-order valence-electron chi connectivity index (χ4n) is 2.26. The Hall–Kier alpha value is -0.610. The number of piperidine rings is 1. The summed E-state index contributed by atoms with van der Waals surface area (Å²) < 4.78 is 0. The number of hydrogen-bond donors (Lipinski definition) is 2. The number of carbonyl (C=O) groups is 1. The maximum absolute atomic E-state index is 11.5. The lowest BCUT2D eigenvalue weighted by molar-refractivity contribution is -0.120. The molecule has 1 saturated heterocycles. The van der Waals surface area contributed by atoms with Crippen LogP contribution in [0, 0.1) is 5.92 Å². The maximum Gasteiger partial charge on any atom is 0.233 e. The molecule has 0 aromatic rings. The van der Waals surface area contributed by atoms with E-state index in [9.17, 15) is 4.79 Å². The Morgan fingerprint density at radius 2 is 1.78 bits per heavy atom. The molecule has 2 N–H and O–H groups in total. The minimum absolute atomic E-state index is 0.106. The summed E-state index contributed by atoms with van der Waals surface area (Å²) in [6, 6.07) is 0.531. The van der Waals surface area contributed by atoms with Crippen molar-refractivity contribution in [3.8, 4) is 0 Å². The summed E-state index contributed by atoms with van der Waals surface area (Å²) in [4.78, 5) is 14.0. The third kappa shape index (κ3) is 6.36. The van der Waals surface area contributed by atoms with Crippen molar-refractivity contribution in [3.05, 3.63) is 0 Å². The van der Waals surface area contributed by atoms with Crippen molar-refractivity contribution in [1.29, 1.82) is 0 Å². The molecule has 0 bridgehead atoms. The van der Waals surface area contributed by atoms with Gasteiger partial charge in [0, 0.05) is 19.1 Å². The van der Waals surface area contributed by atoms with E-state index in [1.807, 2.05) is 0 Å². The molecule has 4 heteroatoms. The number of amides is 1. The molecule has 1 atom stereocenters. The number of nitrogens with zero attached hydrogens (tertiary/aromatic N) is 1. The van der Waals surface area contributed by atoms with Crippen LogP contribution < -0.4 is 10.6 Å².